The Morgan fingerprint density at radius 3 is 2.21 bits per heavy atom. The number of carbonyl (C=O) groups excluding carboxylic acids is 3. The van der Waals surface area contributed by atoms with E-state index >= 15 is 0 Å². The highest BCUT2D eigenvalue weighted by Gasteiger charge is 2.40. The first-order valence-corrected chi connectivity index (χ1v) is 12.8. The van der Waals surface area contributed by atoms with Crippen LogP contribution in [0.3, 0.4) is 0 Å². The van der Waals surface area contributed by atoms with Crippen molar-refractivity contribution in [1.29, 1.82) is 0 Å². The summed E-state index contributed by atoms with van der Waals surface area (Å²) >= 11 is 0. The molecule has 4 rings (SSSR count). The predicted octanol–water partition coefficient (Wildman–Crippen LogP) is 5.15. The fourth-order valence-corrected chi connectivity index (χ4v) is 5.26. The Labute approximate surface area is 223 Å². The highest BCUT2D eigenvalue weighted by Crippen LogP contribution is 2.35. The number of halogens is 4. The highest BCUT2D eigenvalue weighted by molar-refractivity contribution is 6.03. The molecule has 1 saturated heterocycles. The molecule has 2 heterocycles. The number of carbonyl (C=O) groups is 3. The van der Waals surface area contributed by atoms with Gasteiger partial charge in [0.05, 0.1) is 6.04 Å². The van der Waals surface area contributed by atoms with Gasteiger partial charge >= 0.3 is 12.1 Å². The molecule has 208 valence electrons. The van der Waals surface area contributed by atoms with Gasteiger partial charge in [-0.15, -0.1) is 0 Å². The summed E-state index contributed by atoms with van der Waals surface area (Å²) in [6.45, 7) is 5.23. The van der Waals surface area contributed by atoms with Crippen molar-refractivity contribution in [1.82, 2.24) is 20.4 Å². The van der Waals surface area contributed by atoms with Gasteiger partial charge in [-0.05, 0) is 94.1 Å². The number of piperidine rings is 1. The Hall–Kier alpha value is -3.73. The van der Waals surface area contributed by atoms with Crippen molar-refractivity contribution in [3.8, 4) is 0 Å². The summed E-state index contributed by atoms with van der Waals surface area (Å²) in [6.07, 6.45) is 2.43. The second-order valence-electron chi connectivity index (χ2n) is 9.85. The van der Waals surface area contributed by atoms with Gasteiger partial charge in [0.15, 0.2) is 23.2 Å². The molecule has 7 nitrogen and oxygen atoms in total. The van der Waals surface area contributed by atoms with Crippen molar-refractivity contribution >= 4 is 17.8 Å². The summed E-state index contributed by atoms with van der Waals surface area (Å²) in [4.78, 5) is 41.3. The van der Waals surface area contributed by atoms with E-state index in [1.165, 1.54) is 26.0 Å². The van der Waals surface area contributed by atoms with E-state index < -0.39 is 41.3 Å². The van der Waals surface area contributed by atoms with Crippen LogP contribution in [0.15, 0.2) is 47.7 Å². The minimum absolute atomic E-state index is 0.0424. The van der Waals surface area contributed by atoms with E-state index in [1.807, 2.05) is 12.1 Å². The van der Waals surface area contributed by atoms with Gasteiger partial charge < -0.3 is 15.5 Å². The van der Waals surface area contributed by atoms with Crippen molar-refractivity contribution in [2.24, 2.45) is 0 Å². The molecule has 11 heteroatoms. The first-order chi connectivity index (χ1) is 18.6. The zero-order valence-corrected chi connectivity index (χ0v) is 21.7. The molecule has 2 aromatic carbocycles. The number of nitrogens with one attached hydrogen (secondary N) is 2. The van der Waals surface area contributed by atoms with Crippen LogP contribution in [0.5, 0.6) is 0 Å². The average molecular weight is 547 g/mol. The number of hydrogen-bond donors (Lipinski definition) is 2. The molecule has 0 saturated carbocycles. The third-order valence-corrected chi connectivity index (χ3v) is 7.23. The van der Waals surface area contributed by atoms with Crippen LogP contribution in [0, 0.1) is 23.3 Å². The molecule has 2 aliphatic rings. The van der Waals surface area contributed by atoms with Gasteiger partial charge in [0.2, 0.25) is 0 Å². The zero-order chi connectivity index (χ0) is 28.3. The average Bonchev–Trinajstić information content (AvgIpc) is 2.89. The van der Waals surface area contributed by atoms with E-state index in [-0.39, 0.29) is 29.2 Å². The van der Waals surface area contributed by atoms with Crippen LogP contribution >= 0.6 is 0 Å². The third-order valence-electron chi connectivity index (χ3n) is 7.23. The van der Waals surface area contributed by atoms with Crippen LogP contribution in [-0.2, 0) is 4.79 Å². The minimum atomic E-state index is -1.69. The lowest BCUT2D eigenvalue weighted by Gasteiger charge is -2.36. The fraction of sp³-hybridized carbons (Fsp3) is 0.393. The molecular formula is C28H30F4N4O3. The Balaban J connectivity index is 1.38. The normalized spacial score (nSPS) is 18.8. The number of Topliss-reactive ketones (excluding diaryl/α,β-unsaturated/α-hetero) is 1. The van der Waals surface area contributed by atoms with Crippen LogP contribution in [-0.4, -0.2) is 53.8 Å². The predicted molar refractivity (Wildman–Crippen MR) is 136 cm³/mol. The maximum atomic E-state index is 14.1. The van der Waals surface area contributed by atoms with E-state index in [0.717, 1.165) is 31.5 Å². The lowest BCUT2D eigenvalue weighted by molar-refractivity contribution is -0.114. The Kier molecular flexibility index (Phi) is 8.69. The van der Waals surface area contributed by atoms with Crippen LogP contribution < -0.4 is 10.6 Å². The van der Waals surface area contributed by atoms with Crippen LogP contribution in [0.2, 0.25) is 0 Å². The summed E-state index contributed by atoms with van der Waals surface area (Å²) in [6, 6.07) is 4.74. The van der Waals surface area contributed by atoms with Gasteiger partial charge in [-0.3, -0.25) is 4.79 Å². The van der Waals surface area contributed by atoms with Crippen molar-refractivity contribution < 1.29 is 31.9 Å². The molecule has 1 atom stereocenters. The van der Waals surface area contributed by atoms with E-state index in [1.54, 1.807) is 0 Å². The second kappa shape index (κ2) is 12.0. The van der Waals surface area contributed by atoms with Crippen molar-refractivity contribution in [2.45, 2.75) is 45.1 Å². The van der Waals surface area contributed by atoms with Crippen LogP contribution in [0.4, 0.5) is 27.2 Å². The molecule has 2 aliphatic heterocycles. The molecular weight excluding hydrogens is 516 g/mol. The largest absolute Gasteiger partial charge is 0.337 e. The Bertz CT molecular complexity index is 1270. The van der Waals surface area contributed by atoms with Gasteiger partial charge in [0, 0.05) is 17.8 Å². The number of likely N-dealkylation sites (tertiary alicyclic amines) is 1. The number of ketones is 1. The van der Waals surface area contributed by atoms with Gasteiger partial charge in [-0.2, -0.15) is 0 Å². The SMILES string of the molecule is CC(=O)C1=C(C)NC(=O)N(C(=O)NCCCN2CCC(c3ccc(F)cc3)CC2)C1c1cc(F)c(F)c(F)c1. The molecule has 2 aromatic rings. The quantitative estimate of drug-likeness (QED) is 0.286. The fourth-order valence-electron chi connectivity index (χ4n) is 5.26. The maximum absolute atomic E-state index is 14.1. The van der Waals surface area contributed by atoms with E-state index in [0.29, 0.717) is 35.9 Å². The van der Waals surface area contributed by atoms with E-state index in [9.17, 15) is 31.9 Å². The van der Waals surface area contributed by atoms with Gasteiger partial charge in [-0.1, -0.05) is 12.1 Å². The molecule has 0 spiro atoms. The van der Waals surface area contributed by atoms with Gasteiger partial charge in [-0.25, -0.2) is 32.1 Å². The minimum Gasteiger partial charge on any atom is -0.337 e. The Morgan fingerprint density at radius 2 is 1.62 bits per heavy atom. The summed E-state index contributed by atoms with van der Waals surface area (Å²) in [5, 5.41) is 5.08. The number of urea groups is 2. The van der Waals surface area contributed by atoms with E-state index in [4.69, 9.17) is 0 Å². The molecule has 0 aromatic heterocycles. The van der Waals surface area contributed by atoms with E-state index in [2.05, 4.69) is 15.5 Å². The lowest BCUT2D eigenvalue weighted by atomic mass is 9.89. The van der Waals surface area contributed by atoms with Crippen molar-refractivity contribution in [3.05, 3.63) is 82.1 Å². The van der Waals surface area contributed by atoms with Crippen molar-refractivity contribution in [2.75, 3.05) is 26.2 Å². The van der Waals surface area contributed by atoms with Crippen LogP contribution in [0.1, 0.15) is 56.2 Å². The first-order valence-electron chi connectivity index (χ1n) is 12.8. The molecule has 2 N–H and O–H groups in total. The molecule has 1 fully saturated rings. The number of imide groups is 1. The number of allylic oxidation sites excluding steroid dienone is 1. The monoisotopic (exact) mass is 546 g/mol. The maximum Gasteiger partial charge on any atom is 0.330 e. The van der Waals surface area contributed by atoms with Gasteiger partial charge in [0.25, 0.3) is 0 Å². The smallest absolute Gasteiger partial charge is 0.330 e. The topological polar surface area (TPSA) is 81.8 Å². The first kappa shape index (κ1) is 28.3. The standard InChI is InChI=1S/C28H30F4N4O3/c1-16-24(17(2)37)26(20-14-22(30)25(32)23(31)15-20)36(28(39)34-16)27(38)33-10-3-11-35-12-8-19(9-13-35)18-4-6-21(29)7-5-18/h4-7,14-15,19,26H,3,8-13H2,1-2H3,(H,33,38)(H,34,39). The zero-order valence-electron chi connectivity index (χ0n) is 21.7. The highest BCUT2D eigenvalue weighted by atomic mass is 19.2. The molecule has 39 heavy (non-hydrogen) atoms. The summed E-state index contributed by atoms with van der Waals surface area (Å²) in [5.74, 6) is -5.11. The van der Waals surface area contributed by atoms with Crippen LogP contribution in [0.25, 0.3) is 0 Å². The summed E-state index contributed by atoms with van der Waals surface area (Å²) in [7, 11) is 0. The summed E-state index contributed by atoms with van der Waals surface area (Å²) < 4.78 is 54.9. The third kappa shape index (κ3) is 6.30. The Morgan fingerprint density at radius 1 is 1.00 bits per heavy atom. The number of benzene rings is 2. The molecule has 4 amide bonds. The second-order valence-corrected chi connectivity index (χ2v) is 9.85. The molecule has 0 aliphatic carbocycles. The number of nitrogens with zero attached hydrogens (tertiary/aromatic N) is 2. The molecule has 0 bridgehead atoms. The number of rotatable bonds is 7. The molecule has 0 radical (unpaired) electrons. The number of amides is 4. The summed E-state index contributed by atoms with van der Waals surface area (Å²) in [5.41, 5.74) is 0.965. The molecule has 1 unspecified atom stereocenters. The van der Waals surface area contributed by atoms with Gasteiger partial charge in [0.1, 0.15) is 5.82 Å². The van der Waals surface area contributed by atoms with Crippen molar-refractivity contribution in [3.63, 3.8) is 0 Å². The number of hydrogen-bond acceptors (Lipinski definition) is 4. The lowest BCUT2D eigenvalue weighted by Crippen LogP contribution is -2.54.